The first-order chi connectivity index (χ1) is 17.1. The number of nitrogens with zero attached hydrogens (tertiary/aromatic N) is 5. The number of aliphatic imine (C=N–C) groups is 1. The van der Waals surface area contributed by atoms with Crippen molar-refractivity contribution in [3.05, 3.63) is 53.9 Å². The monoisotopic (exact) mass is 472 g/mol. The molecular formula is C27H32N6O2. The van der Waals surface area contributed by atoms with Crippen LogP contribution in [0, 0.1) is 0 Å². The molecule has 0 atom stereocenters. The number of morpholine rings is 1. The minimum atomic E-state index is -0.443. The number of aromatic nitrogens is 2. The summed E-state index contributed by atoms with van der Waals surface area (Å²) >= 11 is 0. The Kier molecular flexibility index (Phi) is 6.66. The predicted octanol–water partition coefficient (Wildman–Crippen LogP) is 3.75. The van der Waals surface area contributed by atoms with Gasteiger partial charge >= 0.3 is 0 Å². The van der Waals surface area contributed by atoms with Crippen molar-refractivity contribution in [2.24, 2.45) is 10.7 Å². The molecular weight excluding hydrogens is 440 g/mol. The minimum absolute atomic E-state index is 0.443. The second-order valence-corrected chi connectivity index (χ2v) is 9.19. The van der Waals surface area contributed by atoms with Crippen molar-refractivity contribution in [3.8, 4) is 11.1 Å². The molecule has 0 aliphatic carbocycles. The maximum atomic E-state index is 11.9. The summed E-state index contributed by atoms with van der Waals surface area (Å²) < 4.78 is 7.30. The molecule has 3 heterocycles. The summed E-state index contributed by atoms with van der Waals surface area (Å²) in [5.41, 5.74) is 9.06. The number of benzene rings is 2. The van der Waals surface area contributed by atoms with Crippen LogP contribution in [-0.4, -0.2) is 77.6 Å². The Labute approximate surface area is 205 Å². The number of rotatable bonds is 6. The van der Waals surface area contributed by atoms with Gasteiger partial charge < -0.3 is 15.4 Å². The summed E-state index contributed by atoms with van der Waals surface area (Å²) in [5.74, 6) is 0.228. The van der Waals surface area contributed by atoms with Crippen LogP contribution < -0.4 is 5.73 Å². The van der Waals surface area contributed by atoms with E-state index in [0.717, 1.165) is 79.8 Å². The van der Waals surface area contributed by atoms with Gasteiger partial charge in [-0.25, -0.2) is 9.67 Å². The highest BCUT2D eigenvalue weighted by Crippen LogP contribution is 2.36. The molecule has 0 bridgehead atoms. The topological polar surface area (TPSA) is 89.0 Å². The maximum absolute atomic E-state index is 11.9. The molecule has 0 radical (unpaired) electrons. The largest absolute Gasteiger partial charge is 0.379 e. The van der Waals surface area contributed by atoms with Gasteiger partial charge in [-0.3, -0.25) is 9.69 Å². The molecule has 3 aromatic rings. The van der Waals surface area contributed by atoms with Crippen LogP contribution in [0.5, 0.6) is 0 Å². The number of carbonyl (C=O) groups is 1. The molecule has 0 spiro atoms. The van der Waals surface area contributed by atoms with E-state index in [0.29, 0.717) is 17.4 Å². The van der Waals surface area contributed by atoms with Gasteiger partial charge in [-0.1, -0.05) is 30.3 Å². The third-order valence-electron chi connectivity index (χ3n) is 7.23. The second-order valence-electron chi connectivity index (χ2n) is 9.19. The smallest absolute Gasteiger partial charge is 0.249 e. The average molecular weight is 473 g/mol. The highest BCUT2D eigenvalue weighted by molar-refractivity contribution is 6.10. The molecule has 182 valence electrons. The molecule has 0 saturated carbocycles. The number of hydrogen-bond donors (Lipinski definition) is 1. The first-order valence-electron chi connectivity index (χ1n) is 12.2. The van der Waals surface area contributed by atoms with E-state index >= 15 is 0 Å². The van der Waals surface area contributed by atoms with Gasteiger partial charge in [-0.15, -0.1) is 0 Å². The van der Waals surface area contributed by atoms with Crippen molar-refractivity contribution in [1.82, 2.24) is 19.6 Å². The minimum Gasteiger partial charge on any atom is -0.379 e. The summed E-state index contributed by atoms with van der Waals surface area (Å²) in [5, 5.41) is 6.36. The summed E-state index contributed by atoms with van der Waals surface area (Å²) in [4.78, 5) is 21.2. The fraction of sp³-hybridized carbons (Fsp3) is 0.370. The third-order valence-corrected chi connectivity index (χ3v) is 7.23. The summed E-state index contributed by atoms with van der Waals surface area (Å²) in [6.45, 7) is 11.8. The van der Waals surface area contributed by atoms with E-state index in [4.69, 9.17) is 10.5 Å². The zero-order chi connectivity index (χ0) is 24.4. The van der Waals surface area contributed by atoms with Crippen LogP contribution in [-0.2, 0) is 4.74 Å². The number of nitrogens with two attached hydrogens (primary N) is 1. The van der Waals surface area contributed by atoms with Crippen molar-refractivity contribution in [1.29, 1.82) is 0 Å². The molecule has 1 aromatic heterocycles. The molecule has 2 saturated heterocycles. The number of hydrogen-bond acceptors (Lipinski definition) is 6. The normalized spacial score (nSPS) is 18.2. The van der Waals surface area contributed by atoms with E-state index < -0.39 is 5.91 Å². The summed E-state index contributed by atoms with van der Waals surface area (Å²) in [6.07, 6.45) is 6.15. The van der Waals surface area contributed by atoms with Crippen molar-refractivity contribution in [2.45, 2.75) is 25.8 Å². The molecule has 8 nitrogen and oxygen atoms in total. The van der Waals surface area contributed by atoms with E-state index in [1.54, 1.807) is 10.7 Å². The second kappa shape index (κ2) is 10.0. The number of fused-ring (bicyclic) bond motifs is 1. The van der Waals surface area contributed by atoms with E-state index in [1.807, 2.05) is 42.7 Å². The van der Waals surface area contributed by atoms with Crippen molar-refractivity contribution in [3.63, 3.8) is 0 Å². The number of ether oxygens (including phenoxy) is 1. The molecule has 8 heteroatoms. The Morgan fingerprint density at radius 2 is 1.80 bits per heavy atom. The highest BCUT2D eigenvalue weighted by Gasteiger charge is 2.26. The standard InChI is InChI=1S/C27H32N6O2/c1-19(31-11-9-20(10-12-31)32-13-15-35-16-14-32)18-33-27(29-2)25(17-30-33)23-7-3-6-22-21(23)5-4-8-24(22)26(28)34/h3-8,17-18,20H,2,9-16H2,1H3,(H2,28,34)/b19-18+. The highest BCUT2D eigenvalue weighted by atomic mass is 16.5. The molecule has 2 aromatic carbocycles. The number of likely N-dealkylation sites (tertiary alicyclic amines) is 1. The molecule has 2 aliphatic rings. The molecule has 2 fully saturated rings. The molecule has 0 unspecified atom stereocenters. The molecule has 5 rings (SSSR count). The maximum Gasteiger partial charge on any atom is 0.249 e. The van der Waals surface area contributed by atoms with Gasteiger partial charge in [-0.05, 0) is 48.9 Å². The van der Waals surface area contributed by atoms with E-state index in [9.17, 15) is 4.79 Å². The summed E-state index contributed by atoms with van der Waals surface area (Å²) in [7, 11) is 0. The van der Waals surface area contributed by atoms with E-state index in [1.165, 1.54) is 0 Å². The Hall–Kier alpha value is -3.49. The molecule has 2 aliphatic heterocycles. The number of amides is 1. The lowest BCUT2D eigenvalue weighted by molar-refractivity contribution is 0.00349. The number of piperidine rings is 1. The predicted molar refractivity (Wildman–Crippen MR) is 140 cm³/mol. The Bertz CT molecular complexity index is 1270. The quantitative estimate of drug-likeness (QED) is 0.552. The Morgan fingerprint density at radius 1 is 1.09 bits per heavy atom. The van der Waals surface area contributed by atoms with Crippen molar-refractivity contribution < 1.29 is 9.53 Å². The molecule has 2 N–H and O–H groups in total. The van der Waals surface area contributed by atoms with Gasteiger partial charge in [0.05, 0.1) is 19.4 Å². The average Bonchev–Trinajstić information content (AvgIpc) is 3.30. The van der Waals surface area contributed by atoms with Gasteiger partial charge in [0, 0.05) is 55.2 Å². The van der Waals surface area contributed by atoms with Crippen LogP contribution in [0.1, 0.15) is 30.1 Å². The van der Waals surface area contributed by atoms with Gasteiger partial charge in [0.1, 0.15) is 0 Å². The van der Waals surface area contributed by atoms with Crippen LogP contribution in [0.4, 0.5) is 5.82 Å². The summed E-state index contributed by atoms with van der Waals surface area (Å²) in [6, 6.07) is 12.1. The first-order valence-corrected chi connectivity index (χ1v) is 12.2. The van der Waals surface area contributed by atoms with E-state index in [2.05, 4.69) is 33.5 Å². The zero-order valence-electron chi connectivity index (χ0n) is 20.2. The van der Waals surface area contributed by atoms with Crippen LogP contribution in [0.25, 0.3) is 28.1 Å². The Morgan fingerprint density at radius 3 is 2.51 bits per heavy atom. The van der Waals surface area contributed by atoms with Crippen LogP contribution >= 0.6 is 0 Å². The lowest BCUT2D eigenvalue weighted by Crippen LogP contribution is -2.48. The van der Waals surface area contributed by atoms with Gasteiger partial charge in [-0.2, -0.15) is 5.10 Å². The Balaban J connectivity index is 1.39. The van der Waals surface area contributed by atoms with Crippen LogP contribution in [0.3, 0.4) is 0 Å². The third kappa shape index (κ3) is 4.59. The fourth-order valence-electron chi connectivity index (χ4n) is 5.34. The van der Waals surface area contributed by atoms with Gasteiger partial charge in [0.2, 0.25) is 5.91 Å². The lowest BCUT2D eigenvalue weighted by Gasteiger charge is -2.41. The fourth-order valence-corrected chi connectivity index (χ4v) is 5.34. The van der Waals surface area contributed by atoms with E-state index in [-0.39, 0.29) is 0 Å². The molecule has 35 heavy (non-hydrogen) atoms. The number of carbonyl (C=O) groups excluding carboxylic acids is 1. The van der Waals surface area contributed by atoms with Crippen LogP contribution in [0.15, 0.2) is 53.3 Å². The SMILES string of the molecule is C=Nc1c(-c2cccc3c(C(N)=O)cccc23)cnn1/C=C(\C)N1CCC(N2CCOCC2)CC1. The first kappa shape index (κ1) is 23.3. The van der Waals surface area contributed by atoms with Gasteiger partial charge in [0.25, 0.3) is 0 Å². The number of allylic oxidation sites excluding steroid dienone is 1. The molecule has 1 amide bonds. The van der Waals surface area contributed by atoms with Crippen molar-refractivity contribution >= 4 is 35.4 Å². The lowest BCUT2D eigenvalue weighted by atomic mass is 9.96. The zero-order valence-corrected chi connectivity index (χ0v) is 20.2. The van der Waals surface area contributed by atoms with Crippen molar-refractivity contribution in [2.75, 3.05) is 39.4 Å². The number of primary amides is 1. The van der Waals surface area contributed by atoms with Gasteiger partial charge in [0.15, 0.2) is 5.82 Å². The van der Waals surface area contributed by atoms with Crippen LogP contribution in [0.2, 0.25) is 0 Å².